The van der Waals surface area contributed by atoms with Gasteiger partial charge < -0.3 is 19.9 Å². The molecular weight excluding hydrogens is 414 g/mol. The maximum Gasteiger partial charge on any atom is 0.408 e. The standard InChI is InChI=1S/C28H25NO4/c1-16-15-18-9-5-6-12-19(18)23-24(16)32-28(31)21-14-8-11-17-10-7-13-20(22(17)21)27(23,28)29-25(30)33-26(2,3)4/h5-15,31H,1-4H3,(H,29,30)/t27-,28+/m1/s1. The average molecular weight is 440 g/mol. The zero-order chi connectivity index (χ0) is 23.2. The molecule has 166 valence electrons. The van der Waals surface area contributed by atoms with Crippen LogP contribution in [0.5, 0.6) is 5.75 Å². The van der Waals surface area contributed by atoms with Crippen molar-refractivity contribution in [3.8, 4) is 5.75 Å². The fourth-order valence-corrected chi connectivity index (χ4v) is 5.55. The van der Waals surface area contributed by atoms with E-state index in [-0.39, 0.29) is 0 Å². The van der Waals surface area contributed by atoms with Crippen LogP contribution in [0, 0.1) is 6.92 Å². The van der Waals surface area contributed by atoms with Crippen LogP contribution in [0.2, 0.25) is 0 Å². The van der Waals surface area contributed by atoms with Gasteiger partial charge in [-0.2, -0.15) is 0 Å². The van der Waals surface area contributed by atoms with E-state index in [9.17, 15) is 9.90 Å². The first-order chi connectivity index (χ1) is 15.7. The van der Waals surface area contributed by atoms with Crippen molar-refractivity contribution in [3.63, 3.8) is 0 Å². The Hall–Kier alpha value is -3.57. The Labute approximate surface area is 191 Å². The summed E-state index contributed by atoms with van der Waals surface area (Å²) >= 11 is 0. The number of hydrogen-bond acceptors (Lipinski definition) is 4. The van der Waals surface area contributed by atoms with Gasteiger partial charge in [0.15, 0.2) is 5.54 Å². The number of carbonyl (C=O) groups is 1. The molecule has 2 atom stereocenters. The maximum absolute atomic E-state index is 13.3. The quantitative estimate of drug-likeness (QED) is 0.404. The van der Waals surface area contributed by atoms with Crippen molar-refractivity contribution in [3.05, 3.63) is 89.0 Å². The molecule has 0 saturated heterocycles. The number of alkyl carbamates (subject to hydrolysis) is 1. The van der Waals surface area contributed by atoms with Gasteiger partial charge in [0.2, 0.25) is 0 Å². The number of amides is 1. The van der Waals surface area contributed by atoms with Crippen LogP contribution in [0.1, 0.15) is 43.0 Å². The third-order valence-corrected chi connectivity index (χ3v) is 6.68. The van der Waals surface area contributed by atoms with Gasteiger partial charge in [-0.05, 0) is 66.4 Å². The number of rotatable bonds is 1. The van der Waals surface area contributed by atoms with E-state index < -0.39 is 23.0 Å². The van der Waals surface area contributed by atoms with Crippen LogP contribution >= 0.6 is 0 Å². The molecule has 0 radical (unpaired) electrons. The van der Waals surface area contributed by atoms with Crippen LogP contribution in [0.15, 0.2) is 66.7 Å². The first kappa shape index (κ1) is 20.1. The number of fused-ring (bicyclic) bond motifs is 7. The van der Waals surface area contributed by atoms with E-state index in [1.807, 2.05) is 94.4 Å². The summed E-state index contributed by atoms with van der Waals surface area (Å²) in [5.74, 6) is -1.25. The van der Waals surface area contributed by atoms with Gasteiger partial charge in [0.1, 0.15) is 11.4 Å². The lowest BCUT2D eigenvalue weighted by Crippen LogP contribution is -2.58. The Morgan fingerprint density at radius 3 is 2.36 bits per heavy atom. The summed E-state index contributed by atoms with van der Waals surface area (Å²) < 4.78 is 12.1. The predicted molar refractivity (Wildman–Crippen MR) is 127 cm³/mol. The third-order valence-electron chi connectivity index (χ3n) is 6.68. The van der Waals surface area contributed by atoms with E-state index in [2.05, 4.69) is 5.32 Å². The van der Waals surface area contributed by atoms with Gasteiger partial charge in [-0.3, -0.25) is 0 Å². The van der Waals surface area contributed by atoms with Gasteiger partial charge in [-0.1, -0.05) is 60.7 Å². The number of nitrogens with one attached hydrogen (secondary N) is 1. The molecule has 5 nitrogen and oxygen atoms in total. The number of ether oxygens (including phenoxy) is 2. The summed E-state index contributed by atoms with van der Waals surface area (Å²) in [6.07, 6.45) is -0.618. The Bertz CT molecular complexity index is 1480. The molecule has 1 aliphatic carbocycles. The highest BCUT2D eigenvalue weighted by Gasteiger charge is 2.68. The minimum Gasteiger partial charge on any atom is -0.454 e. The smallest absolute Gasteiger partial charge is 0.408 e. The highest BCUT2D eigenvalue weighted by molar-refractivity contribution is 6.00. The maximum atomic E-state index is 13.3. The minimum atomic E-state index is -1.83. The number of carbonyl (C=O) groups excluding carboxylic acids is 1. The minimum absolute atomic E-state index is 0.582. The Kier molecular flexibility index (Phi) is 3.81. The second kappa shape index (κ2) is 6.27. The van der Waals surface area contributed by atoms with Crippen molar-refractivity contribution >= 4 is 27.6 Å². The molecule has 2 N–H and O–H groups in total. The molecule has 2 aliphatic rings. The summed E-state index contributed by atoms with van der Waals surface area (Å²) in [5.41, 5.74) is 0.980. The second-order valence-electron chi connectivity index (χ2n) is 9.95. The summed E-state index contributed by atoms with van der Waals surface area (Å²) in [7, 11) is 0. The Morgan fingerprint density at radius 2 is 1.64 bits per heavy atom. The zero-order valence-corrected chi connectivity index (χ0v) is 19.0. The SMILES string of the molecule is Cc1cc2ccccc2c2c1O[C@@]1(O)c3cccc4cccc(c34)[C@@]21NC(=O)OC(C)(C)C. The molecule has 0 fully saturated rings. The average Bonchev–Trinajstić information content (AvgIpc) is 3.13. The van der Waals surface area contributed by atoms with Crippen molar-refractivity contribution in [2.24, 2.45) is 0 Å². The highest BCUT2D eigenvalue weighted by atomic mass is 16.6. The number of hydrogen-bond donors (Lipinski definition) is 2. The highest BCUT2D eigenvalue weighted by Crippen LogP contribution is 2.63. The molecule has 0 saturated carbocycles. The molecule has 4 aromatic rings. The molecule has 4 aromatic carbocycles. The summed E-state index contributed by atoms with van der Waals surface area (Å²) in [6.45, 7) is 7.42. The van der Waals surface area contributed by atoms with Crippen LogP contribution < -0.4 is 10.1 Å². The van der Waals surface area contributed by atoms with Crippen molar-refractivity contribution < 1.29 is 19.4 Å². The fourth-order valence-electron chi connectivity index (χ4n) is 5.55. The molecule has 1 aliphatic heterocycles. The van der Waals surface area contributed by atoms with Gasteiger partial charge >= 0.3 is 6.09 Å². The van der Waals surface area contributed by atoms with Gasteiger partial charge in [0.05, 0.1) is 0 Å². The third kappa shape index (κ3) is 2.48. The van der Waals surface area contributed by atoms with Gasteiger partial charge in [0.25, 0.3) is 5.79 Å². The first-order valence-corrected chi connectivity index (χ1v) is 11.1. The van der Waals surface area contributed by atoms with Crippen LogP contribution in [0.3, 0.4) is 0 Å². The van der Waals surface area contributed by atoms with Crippen LogP contribution in [-0.4, -0.2) is 16.8 Å². The molecular formula is C28H25NO4. The van der Waals surface area contributed by atoms with Crippen LogP contribution in [0.25, 0.3) is 21.5 Å². The predicted octanol–water partition coefficient (Wildman–Crippen LogP) is 5.62. The van der Waals surface area contributed by atoms with Crippen molar-refractivity contribution in [2.75, 3.05) is 0 Å². The summed E-state index contributed by atoms with van der Waals surface area (Å²) in [4.78, 5) is 13.3. The van der Waals surface area contributed by atoms with E-state index in [0.717, 1.165) is 38.2 Å². The first-order valence-electron chi connectivity index (χ1n) is 11.1. The fraction of sp³-hybridized carbons (Fsp3) is 0.250. The normalized spacial score (nSPS) is 22.7. The molecule has 33 heavy (non-hydrogen) atoms. The van der Waals surface area contributed by atoms with Crippen molar-refractivity contribution in [1.29, 1.82) is 0 Å². The van der Waals surface area contributed by atoms with Crippen LogP contribution in [0.4, 0.5) is 4.79 Å². The Balaban J connectivity index is 1.74. The van der Waals surface area contributed by atoms with Gasteiger partial charge in [-0.15, -0.1) is 0 Å². The van der Waals surface area contributed by atoms with Gasteiger partial charge in [-0.25, -0.2) is 4.79 Å². The molecule has 0 spiro atoms. The topological polar surface area (TPSA) is 67.8 Å². The second-order valence-corrected chi connectivity index (χ2v) is 9.95. The lowest BCUT2D eigenvalue weighted by Gasteiger charge is -2.37. The van der Waals surface area contributed by atoms with E-state index in [1.54, 1.807) is 0 Å². The van der Waals surface area contributed by atoms with Gasteiger partial charge in [0, 0.05) is 11.1 Å². The number of aryl methyl sites for hydroxylation is 1. The zero-order valence-electron chi connectivity index (χ0n) is 19.0. The van der Waals surface area contributed by atoms with Crippen LogP contribution in [-0.2, 0) is 16.1 Å². The summed E-state index contributed by atoms with van der Waals surface area (Å²) in [6, 6.07) is 21.7. The summed E-state index contributed by atoms with van der Waals surface area (Å²) in [5, 5.41) is 19.3. The van der Waals surface area contributed by atoms with Crippen molar-refractivity contribution in [1.82, 2.24) is 5.32 Å². The molecule has 0 unspecified atom stereocenters. The molecule has 5 heteroatoms. The molecule has 6 rings (SSSR count). The number of benzene rings is 4. The number of aliphatic hydroxyl groups is 1. The Morgan fingerprint density at radius 1 is 0.970 bits per heavy atom. The van der Waals surface area contributed by atoms with E-state index >= 15 is 0 Å². The molecule has 1 heterocycles. The lowest BCUT2D eigenvalue weighted by molar-refractivity contribution is -0.173. The van der Waals surface area contributed by atoms with E-state index in [0.29, 0.717) is 11.3 Å². The van der Waals surface area contributed by atoms with E-state index in [4.69, 9.17) is 9.47 Å². The molecule has 1 amide bonds. The monoisotopic (exact) mass is 439 g/mol. The lowest BCUT2D eigenvalue weighted by atomic mass is 9.78. The van der Waals surface area contributed by atoms with Crippen molar-refractivity contribution in [2.45, 2.75) is 44.6 Å². The largest absolute Gasteiger partial charge is 0.454 e. The van der Waals surface area contributed by atoms with E-state index in [1.165, 1.54) is 0 Å². The molecule has 0 aromatic heterocycles. The molecule has 0 bridgehead atoms.